The van der Waals surface area contributed by atoms with Crippen LogP contribution in [-0.2, 0) is 22.7 Å². The van der Waals surface area contributed by atoms with E-state index in [0.29, 0.717) is 60.9 Å². The lowest BCUT2D eigenvalue weighted by Crippen LogP contribution is -2.52. The van der Waals surface area contributed by atoms with Crippen molar-refractivity contribution in [2.75, 3.05) is 30.3 Å². The maximum atomic E-state index is 15.2. The van der Waals surface area contributed by atoms with Crippen LogP contribution in [0.15, 0.2) is 47.3 Å². The molecule has 53 heavy (non-hydrogen) atoms. The van der Waals surface area contributed by atoms with E-state index in [9.17, 15) is 28.0 Å². The zero-order chi connectivity index (χ0) is 36.8. The lowest BCUT2D eigenvalue weighted by atomic mass is 10.0. The van der Waals surface area contributed by atoms with Crippen LogP contribution in [0.4, 0.5) is 24.7 Å². The van der Waals surface area contributed by atoms with Crippen LogP contribution in [0.25, 0.3) is 11.5 Å². The van der Waals surface area contributed by atoms with Gasteiger partial charge in [0.15, 0.2) is 11.4 Å². The summed E-state index contributed by atoms with van der Waals surface area (Å²) in [6.07, 6.45) is 5.04. The summed E-state index contributed by atoms with van der Waals surface area (Å²) in [6, 6.07) is 5.50. The Morgan fingerprint density at radius 1 is 1.08 bits per heavy atom. The summed E-state index contributed by atoms with van der Waals surface area (Å²) in [5.74, 6) is -1.41. The van der Waals surface area contributed by atoms with Crippen molar-refractivity contribution in [3.8, 4) is 11.5 Å². The number of piperidine rings is 2. The van der Waals surface area contributed by atoms with Gasteiger partial charge in [0, 0.05) is 57.1 Å². The number of imide groups is 1. The van der Waals surface area contributed by atoms with Crippen LogP contribution in [0.2, 0.25) is 0 Å². The highest BCUT2D eigenvalue weighted by Gasteiger charge is 2.41. The number of nitrogens with one attached hydrogen (secondary N) is 3. The second-order valence-corrected chi connectivity index (χ2v) is 14.0. The third-order valence-corrected chi connectivity index (χ3v) is 10.2. The molecule has 1 aromatic carbocycles. The molecule has 3 fully saturated rings. The van der Waals surface area contributed by atoms with Crippen LogP contribution < -0.4 is 16.0 Å². The first-order valence-electron chi connectivity index (χ1n) is 17.6. The van der Waals surface area contributed by atoms with Crippen molar-refractivity contribution in [3.63, 3.8) is 0 Å². The molecule has 8 rings (SSSR count). The molecule has 0 radical (unpaired) electrons. The van der Waals surface area contributed by atoms with E-state index in [4.69, 9.17) is 4.42 Å². The van der Waals surface area contributed by atoms with Gasteiger partial charge in [0.1, 0.15) is 23.9 Å². The van der Waals surface area contributed by atoms with Crippen molar-refractivity contribution in [1.29, 1.82) is 0 Å². The lowest BCUT2D eigenvalue weighted by Gasteiger charge is -2.32. The maximum absolute atomic E-state index is 15.2. The number of halogens is 3. The molecule has 0 spiro atoms. The minimum absolute atomic E-state index is 0.0585. The normalized spacial score (nSPS) is 19.5. The minimum atomic E-state index is -2.94. The van der Waals surface area contributed by atoms with Gasteiger partial charge >= 0.3 is 0 Å². The van der Waals surface area contributed by atoms with Gasteiger partial charge in [-0.05, 0) is 67.3 Å². The lowest BCUT2D eigenvalue weighted by molar-refractivity contribution is -0.136. The van der Waals surface area contributed by atoms with Crippen LogP contribution in [0.3, 0.4) is 0 Å². The van der Waals surface area contributed by atoms with E-state index in [-0.39, 0.29) is 48.3 Å². The largest absolute Gasteiger partial charge is 0.444 e. The number of hydrogen-bond donors (Lipinski definition) is 3. The monoisotopic (exact) mass is 731 g/mol. The SMILES string of the molecule is O=C1CCC(N2Cc3cc(CN4CCC(n5cc(NC(=O)c6coc(-c7ccnc(NCC8CC8)c7)n6)c(C(F)F)n5)CC4)cc(F)c3C2=O)C(=O)N1. The first-order chi connectivity index (χ1) is 25.6. The fourth-order valence-electron chi connectivity index (χ4n) is 7.19. The number of carbonyl (C=O) groups is 4. The van der Waals surface area contributed by atoms with Gasteiger partial charge in [0.25, 0.3) is 18.2 Å². The van der Waals surface area contributed by atoms with Gasteiger partial charge in [0.2, 0.25) is 17.7 Å². The van der Waals surface area contributed by atoms with E-state index in [2.05, 4.69) is 35.9 Å². The van der Waals surface area contributed by atoms with E-state index in [0.717, 1.165) is 6.54 Å². The zero-order valence-corrected chi connectivity index (χ0v) is 28.5. The number of amides is 4. The molecule has 4 aromatic rings. The third-order valence-electron chi connectivity index (χ3n) is 10.2. The molecule has 3 aliphatic heterocycles. The molecule has 14 nitrogen and oxygen atoms in total. The van der Waals surface area contributed by atoms with Crippen LogP contribution in [0.5, 0.6) is 0 Å². The quantitative estimate of drug-likeness (QED) is 0.184. The Labute approximate surface area is 301 Å². The number of fused-ring (bicyclic) bond motifs is 1. The number of aromatic nitrogens is 4. The van der Waals surface area contributed by atoms with E-state index >= 15 is 4.39 Å². The van der Waals surface area contributed by atoms with Gasteiger partial charge in [-0.1, -0.05) is 6.07 Å². The summed E-state index contributed by atoms with van der Waals surface area (Å²) in [6.45, 7) is 2.41. The Bertz CT molecular complexity index is 2090. The summed E-state index contributed by atoms with van der Waals surface area (Å²) < 4.78 is 50.4. The number of likely N-dealkylation sites (tertiary alicyclic amines) is 1. The van der Waals surface area contributed by atoms with Crippen molar-refractivity contribution in [2.45, 2.75) is 70.1 Å². The number of nitrogens with zero attached hydrogens (tertiary/aromatic N) is 6. The summed E-state index contributed by atoms with van der Waals surface area (Å²) in [4.78, 5) is 62.1. The molecule has 1 atom stereocenters. The number of hydrogen-bond acceptors (Lipinski definition) is 10. The average molecular weight is 732 g/mol. The first-order valence-corrected chi connectivity index (χ1v) is 17.6. The zero-order valence-electron chi connectivity index (χ0n) is 28.5. The predicted octanol–water partition coefficient (Wildman–Crippen LogP) is 4.68. The highest BCUT2D eigenvalue weighted by atomic mass is 19.3. The molecule has 3 aromatic heterocycles. The number of pyridine rings is 1. The Morgan fingerprint density at radius 2 is 1.89 bits per heavy atom. The Morgan fingerprint density at radius 3 is 2.64 bits per heavy atom. The third kappa shape index (κ3) is 7.25. The number of anilines is 2. The van der Waals surface area contributed by atoms with Gasteiger partial charge in [-0.2, -0.15) is 5.10 Å². The van der Waals surface area contributed by atoms with Crippen molar-refractivity contribution < 1.29 is 36.8 Å². The Hall–Kier alpha value is -5.58. The van der Waals surface area contributed by atoms with Crippen LogP contribution in [-0.4, -0.2) is 78.9 Å². The highest BCUT2D eigenvalue weighted by Crippen LogP contribution is 2.34. The van der Waals surface area contributed by atoms with Gasteiger partial charge in [-0.15, -0.1) is 0 Å². The molecule has 1 saturated carbocycles. The Kier molecular flexibility index (Phi) is 9.18. The smallest absolute Gasteiger partial charge is 0.284 e. The summed E-state index contributed by atoms with van der Waals surface area (Å²) in [7, 11) is 0. The molecule has 3 N–H and O–H groups in total. The van der Waals surface area contributed by atoms with E-state index in [1.54, 1.807) is 24.4 Å². The van der Waals surface area contributed by atoms with Crippen molar-refractivity contribution >= 4 is 35.1 Å². The summed E-state index contributed by atoms with van der Waals surface area (Å²) in [5.41, 5.74) is 0.935. The predicted molar refractivity (Wildman–Crippen MR) is 182 cm³/mol. The van der Waals surface area contributed by atoms with Crippen LogP contribution >= 0.6 is 0 Å². The molecule has 2 saturated heterocycles. The van der Waals surface area contributed by atoms with Gasteiger partial charge in [0.05, 0.1) is 17.3 Å². The molecular formula is C36H36F3N9O5. The van der Waals surface area contributed by atoms with E-state index in [1.807, 2.05) is 0 Å². The molecule has 276 valence electrons. The molecule has 1 aliphatic carbocycles. The molecule has 6 heterocycles. The minimum Gasteiger partial charge on any atom is -0.444 e. The maximum Gasteiger partial charge on any atom is 0.284 e. The fourth-order valence-corrected chi connectivity index (χ4v) is 7.19. The Balaban J connectivity index is 0.884. The molecule has 0 bridgehead atoms. The van der Waals surface area contributed by atoms with E-state index < -0.39 is 47.6 Å². The second kappa shape index (κ2) is 14.1. The number of alkyl halides is 2. The van der Waals surface area contributed by atoms with Crippen LogP contribution in [0, 0.1) is 11.7 Å². The van der Waals surface area contributed by atoms with Crippen molar-refractivity contribution in [3.05, 3.63) is 76.8 Å². The van der Waals surface area contributed by atoms with Gasteiger partial charge < -0.3 is 20.0 Å². The second-order valence-electron chi connectivity index (χ2n) is 14.0. The standard InChI is InChI=1S/C36H36F3N9O5/c37-24-12-20(11-22-16-47(36(52)30(22)24)27-3-4-29(49)44-34(27)51)15-46-9-6-23(7-10-46)48-17-25(31(45-48)32(38)39)42-33(50)26-18-53-35(43-26)21-5-8-40-28(13-21)41-14-19-1-2-19/h5,8,11-13,17-19,23,27,32H,1-4,6-7,9-10,14-16H2,(H,40,41)(H,42,50)(H,44,49,51). The van der Waals surface area contributed by atoms with Gasteiger partial charge in [-0.3, -0.25) is 34.1 Å². The fraction of sp³-hybridized carbons (Fsp3) is 0.417. The number of oxazole rings is 1. The van der Waals surface area contributed by atoms with E-state index in [1.165, 1.54) is 40.9 Å². The first kappa shape index (κ1) is 34.5. The topological polar surface area (TPSA) is 168 Å². The molecule has 1 unspecified atom stereocenters. The van der Waals surface area contributed by atoms with Crippen molar-refractivity contribution in [1.82, 2.24) is 34.9 Å². The summed E-state index contributed by atoms with van der Waals surface area (Å²) in [5, 5.41) is 12.2. The molecule has 4 aliphatic rings. The highest BCUT2D eigenvalue weighted by molar-refractivity contribution is 6.05. The summed E-state index contributed by atoms with van der Waals surface area (Å²) >= 11 is 0. The molecular weight excluding hydrogens is 695 g/mol. The number of benzene rings is 1. The van der Waals surface area contributed by atoms with Crippen molar-refractivity contribution in [2.24, 2.45) is 5.92 Å². The molecule has 17 heteroatoms. The van der Waals surface area contributed by atoms with Crippen LogP contribution in [0.1, 0.15) is 88.7 Å². The van der Waals surface area contributed by atoms with Gasteiger partial charge in [-0.25, -0.2) is 23.1 Å². The number of carbonyl (C=O) groups excluding carboxylic acids is 4. The average Bonchev–Trinajstić information content (AvgIpc) is 3.49. The number of rotatable bonds is 11. The molecule has 4 amide bonds.